The van der Waals surface area contributed by atoms with Crippen molar-refractivity contribution in [3.8, 4) is 11.5 Å². The van der Waals surface area contributed by atoms with Gasteiger partial charge in [0.05, 0.1) is 0 Å². The van der Waals surface area contributed by atoms with Gasteiger partial charge >= 0.3 is 25.6 Å². The Balaban J connectivity index is 2.08. The zero-order valence-corrected chi connectivity index (χ0v) is 18.6. The molecule has 2 rings (SSSR count). The maximum absolute atomic E-state index is 12.8. The van der Waals surface area contributed by atoms with Crippen LogP contribution in [-0.2, 0) is 17.6 Å². The average Bonchev–Trinajstić information content (AvgIpc) is 2.73. The largest absolute Gasteiger partial charge is 0.573 e. The third kappa shape index (κ3) is 11.0. The second-order valence-electron chi connectivity index (χ2n) is 7.48. The highest BCUT2D eigenvalue weighted by Crippen LogP contribution is 2.34. The van der Waals surface area contributed by atoms with Crippen molar-refractivity contribution in [2.24, 2.45) is 0 Å². The topological polar surface area (TPSA) is 30.9 Å². The molecular formula is C22H20F11NO3. The molecule has 0 aliphatic rings. The zero-order valence-electron chi connectivity index (χ0n) is 18.6. The van der Waals surface area contributed by atoms with Gasteiger partial charge in [-0.1, -0.05) is 30.3 Å². The summed E-state index contributed by atoms with van der Waals surface area (Å²) >= 11 is 0. The summed E-state index contributed by atoms with van der Waals surface area (Å²) in [6, 6.07) is 10.9. The Bertz CT molecular complexity index is 963. The van der Waals surface area contributed by atoms with E-state index in [1.807, 2.05) is 0 Å². The fraction of sp³-hybridized carbons (Fsp3) is 0.455. The molecule has 0 saturated heterocycles. The van der Waals surface area contributed by atoms with Gasteiger partial charge in [0.25, 0.3) is 0 Å². The molecule has 0 fully saturated rings. The first-order valence-electron chi connectivity index (χ1n) is 10.5. The Morgan fingerprint density at radius 3 is 2.03 bits per heavy atom. The van der Waals surface area contributed by atoms with Gasteiger partial charge in [-0.2, -0.15) is 35.1 Å². The molecule has 0 bridgehead atoms. The summed E-state index contributed by atoms with van der Waals surface area (Å²) in [4.78, 5) is -1.69. The Hall–Kier alpha value is -2.81. The van der Waals surface area contributed by atoms with Crippen molar-refractivity contribution in [2.45, 2.75) is 57.5 Å². The van der Waals surface area contributed by atoms with E-state index in [9.17, 15) is 48.3 Å². The Kier molecular flexibility index (Phi) is 10.4. The van der Waals surface area contributed by atoms with Gasteiger partial charge in [0.2, 0.25) is 6.29 Å². The van der Waals surface area contributed by atoms with E-state index in [0.29, 0.717) is 11.1 Å². The van der Waals surface area contributed by atoms with E-state index in [1.165, 1.54) is 30.3 Å². The second kappa shape index (κ2) is 12.6. The summed E-state index contributed by atoms with van der Waals surface area (Å²) in [6.45, 7) is -5.01. The highest BCUT2D eigenvalue weighted by atomic mass is 19.4. The van der Waals surface area contributed by atoms with Crippen LogP contribution in [0.25, 0.3) is 0 Å². The van der Waals surface area contributed by atoms with Crippen LogP contribution in [0, 0.1) is 0 Å². The lowest BCUT2D eigenvalue weighted by atomic mass is 10.0. The molecule has 208 valence electrons. The Morgan fingerprint density at radius 1 is 0.784 bits per heavy atom. The molecule has 0 heterocycles. The predicted molar refractivity (Wildman–Crippen MR) is 107 cm³/mol. The number of rotatable bonds is 12. The minimum Gasteiger partial charge on any atom is -0.464 e. The lowest BCUT2D eigenvalue weighted by Crippen LogP contribution is -2.48. The molecule has 37 heavy (non-hydrogen) atoms. The summed E-state index contributed by atoms with van der Waals surface area (Å²) in [5, 5.41) is 0. The quantitative estimate of drug-likeness (QED) is 0.155. The van der Waals surface area contributed by atoms with E-state index in [4.69, 9.17) is 4.74 Å². The van der Waals surface area contributed by atoms with E-state index >= 15 is 0 Å². The first kappa shape index (κ1) is 30.4. The summed E-state index contributed by atoms with van der Waals surface area (Å²) in [6.07, 6.45) is -19.5. The zero-order chi connectivity index (χ0) is 27.9. The van der Waals surface area contributed by atoms with Crippen LogP contribution >= 0.6 is 0 Å². The Labute approximate surface area is 203 Å². The van der Waals surface area contributed by atoms with Crippen molar-refractivity contribution >= 4 is 0 Å². The molecule has 0 aliphatic carbocycles. The molecule has 4 nitrogen and oxygen atoms in total. The summed E-state index contributed by atoms with van der Waals surface area (Å²) in [5.74, 6) is -0.494. The van der Waals surface area contributed by atoms with E-state index < -0.39 is 61.9 Å². The van der Waals surface area contributed by atoms with Crippen LogP contribution in [0.2, 0.25) is 0 Å². The van der Waals surface area contributed by atoms with Gasteiger partial charge in [-0.05, 0) is 48.6 Å². The number of alkyl halides is 11. The fourth-order valence-electron chi connectivity index (χ4n) is 3.23. The Morgan fingerprint density at radius 2 is 1.43 bits per heavy atom. The minimum absolute atomic E-state index is 0.0423. The maximum Gasteiger partial charge on any atom is 0.573 e. The number of benzene rings is 2. The van der Waals surface area contributed by atoms with E-state index in [0.717, 1.165) is 12.1 Å². The molecule has 0 saturated carbocycles. The number of nitrogens with zero attached hydrogens (tertiary/aromatic N) is 1. The van der Waals surface area contributed by atoms with Gasteiger partial charge in [0.15, 0.2) is 0 Å². The molecule has 15 heteroatoms. The van der Waals surface area contributed by atoms with E-state index in [2.05, 4.69) is 9.47 Å². The van der Waals surface area contributed by atoms with Gasteiger partial charge in [-0.15, -0.1) is 18.1 Å². The number of ether oxygens (including phenoxy) is 3. The summed E-state index contributed by atoms with van der Waals surface area (Å²) < 4.78 is 152. The van der Waals surface area contributed by atoms with Gasteiger partial charge in [-0.3, -0.25) is 4.74 Å². The highest BCUT2D eigenvalue weighted by Gasteiger charge is 2.53. The first-order valence-corrected chi connectivity index (χ1v) is 10.5. The lowest BCUT2D eigenvalue weighted by molar-refractivity contribution is -0.373. The predicted octanol–water partition coefficient (Wildman–Crippen LogP) is 7.44. The SMILES string of the molecule is FC(F)OC(CCCN(C(F)(F)F)C(F)(F)F)Oc1ccccc1CCc1cccc(OC(F)(F)F)c1. The summed E-state index contributed by atoms with van der Waals surface area (Å²) in [7, 11) is 0. The number of para-hydroxylation sites is 1. The first-order chi connectivity index (χ1) is 17.0. The van der Waals surface area contributed by atoms with Crippen LogP contribution in [0.1, 0.15) is 24.0 Å². The standard InChI is InChI=1S/C22H20F11NO3/c23-19(24)36-18(9-4-12-34(20(25,26)27)21(28,29)30)35-17-8-2-1-6-15(17)11-10-14-5-3-7-16(13-14)37-22(31,32)33/h1-3,5-8,13,18-19H,4,9-12H2. The van der Waals surface area contributed by atoms with Crippen LogP contribution < -0.4 is 9.47 Å². The molecule has 0 N–H and O–H groups in total. The molecule has 1 atom stereocenters. The number of halogens is 11. The highest BCUT2D eigenvalue weighted by molar-refractivity contribution is 5.35. The number of aryl methyl sites for hydroxylation is 2. The van der Waals surface area contributed by atoms with Gasteiger partial charge in [0, 0.05) is 13.0 Å². The van der Waals surface area contributed by atoms with Crippen molar-refractivity contribution in [3.63, 3.8) is 0 Å². The molecular weight excluding hydrogens is 535 g/mol. The van der Waals surface area contributed by atoms with Crippen LogP contribution in [0.15, 0.2) is 48.5 Å². The number of hydrogen-bond acceptors (Lipinski definition) is 4. The minimum atomic E-state index is -5.73. The molecule has 0 spiro atoms. The lowest BCUT2D eigenvalue weighted by Gasteiger charge is -2.27. The maximum atomic E-state index is 12.8. The van der Waals surface area contributed by atoms with Crippen molar-refractivity contribution < 1.29 is 62.5 Å². The summed E-state index contributed by atoms with van der Waals surface area (Å²) in [5.41, 5.74) is 0.802. The fourth-order valence-corrected chi connectivity index (χ4v) is 3.23. The van der Waals surface area contributed by atoms with Gasteiger partial charge in [0.1, 0.15) is 11.5 Å². The molecule has 2 aromatic carbocycles. The van der Waals surface area contributed by atoms with Gasteiger partial charge < -0.3 is 9.47 Å². The normalized spacial score (nSPS) is 13.8. The van der Waals surface area contributed by atoms with Crippen molar-refractivity contribution in [1.82, 2.24) is 4.90 Å². The van der Waals surface area contributed by atoms with Crippen molar-refractivity contribution in [3.05, 3.63) is 59.7 Å². The average molecular weight is 555 g/mol. The van der Waals surface area contributed by atoms with Crippen LogP contribution in [-0.4, -0.2) is 43.3 Å². The van der Waals surface area contributed by atoms with E-state index in [1.54, 1.807) is 6.07 Å². The molecule has 0 aromatic heterocycles. The van der Waals surface area contributed by atoms with Crippen LogP contribution in [0.3, 0.4) is 0 Å². The van der Waals surface area contributed by atoms with E-state index in [-0.39, 0.29) is 18.6 Å². The smallest absolute Gasteiger partial charge is 0.464 e. The molecule has 1 unspecified atom stereocenters. The molecule has 2 aromatic rings. The monoisotopic (exact) mass is 555 g/mol. The van der Waals surface area contributed by atoms with Crippen LogP contribution in [0.4, 0.5) is 48.3 Å². The molecule has 0 aliphatic heterocycles. The van der Waals surface area contributed by atoms with Crippen molar-refractivity contribution in [1.29, 1.82) is 0 Å². The van der Waals surface area contributed by atoms with Gasteiger partial charge in [-0.25, -0.2) is 0 Å². The molecule has 0 amide bonds. The number of hydrogen-bond donors (Lipinski definition) is 0. The van der Waals surface area contributed by atoms with Crippen LogP contribution in [0.5, 0.6) is 11.5 Å². The second-order valence-corrected chi connectivity index (χ2v) is 7.48. The molecule has 0 radical (unpaired) electrons. The van der Waals surface area contributed by atoms with Crippen molar-refractivity contribution in [2.75, 3.05) is 6.54 Å². The third-order valence-electron chi connectivity index (χ3n) is 4.73. The third-order valence-corrected chi connectivity index (χ3v) is 4.73.